The van der Waals surface area contributed by atoms with Gasteiger partial charge in [-0.05, 0) is 56.4 Å². The lowest BCUT2D eigenvalue weighted by Gasteiger charge is -2.37. The van der Waals surface area contributed by atoms with E-state index in [0.717, 1.165) is 11.3 Å². The van der Waals surface area contributed by atoms with Crippen LogP contribution in [0.4, 0.5) is 0 Å². The fourth-order valence-electron chi connectivity index (χ4n) is 5.43. The molecule has 8 heteroatoms. The molecular weight excluding hydrogens is 498 g/mol. The van der Waals surface area contributed by atoms with Crippen molar-refractivity contribution in [3.8, 4) is 23.0 Å². The highest BCUT2D eigenvalue weighted by molar-refractivity contribution is 6.04. The quantitative estimate of drug-likeness (QED) is 0.426. The van der Waals surface area contributed by atoms with E-state index >= 15 is 0 Å². The smallest absolute Gasteiger partial charge is 0.337 e. The van der Waals surface area contributed by atoms with Crippen LogP contribution < -0.4 is 24.3 Å². The molecule has 0 fully saturated rings. The molecule has 0 amide bonds. The van der Waals surface area contributed by atoms with Gasteiger partial charge >= 0.3 is 5.97 Å². The van der Waals surface area contributed by atoms with Gasteiger partial charge in [0.2, 0.25) is 0 Å². The van der Waals surface area contributed by atoms with Crippen molar-refractivity contribution in [2.45, 2.75) is 58.0 Å². The molecular formula is C31H37NO7. The normalized spacial score (nSPS) is 19.6. The minimum absolute atomic E-state index is 0.0419. The van der Waals surface area contributed by atoms with Crippen LogP contribution >= 0.6 is 0 Å². The monoisotopic (exact) mass is 535 g/mol. The molecule has 39 heavy (non-hydrogen) atoms. The summed E-state index contributed by atoms with van der Waals surface area (Å²) in [6, 6.07) is 11.3. The first-order chi connectivity index (χ1) is 18.8. The first-order valence-corrected chi connectivity index (χ1v) is 13.2. The summed E-state index contributed by atoms with van der Waals surface area (Å²) in [5.74, 6) is 1.02. The summed E-state index contributed by atoms with van der Waals surface area (Å²) in [7, 11) is 6.31. The van der Waals surface area contributed by atoms with Gasteiger partial charge in [0.15, 0.2) is 28.8 Å². The zero-order valence-electron chi connectivity index (χ0n) is 23.7. The molecule has 0 radical (unpaired) electrons. The Morgan fingerprint density at radius 1 is 0.974 bits per heavy atom. The number of carbonyl (C=O) groups excluding carboxylic acids is 2. The van der Waals surface area contributed by atoms with Gasteiger partial charge in [-0.1, -0.05) is 25.1 Å². The van der Waals surface area contributed by atoms with Crippen molar-refractivity contribution in [1.29, 1.82) is 0 Å². The van der Waals surface area contributed by atoms with Crippen LogP contribution in [0.1, 0.15) is 63.0 Å². The number of hydrogen-bond donors (Lipinski definition) is 1. The van der Waals surface area contributed by atoms with Crippen molar-refractivity contribution in [3.63, 3.8) is 0 Å². The Morgan fingerprint density at radius 3 is 2.33 bits per heavy atom. The van der Waals surface area contributed by atoms with Crippen LogP contribution in [0.25, 0.3) is 0 Å². The van der Waals surface area contributed by atoms with E-state index in [0.29, 0.717) is 58.2 Å². The number of carbonyl (C=O) groups is 2. The van der Waals surface area contributed by atoms with E-state index in [4.69, 9.17) is 23.7 Å². The second-order valence-electron chi connectivity index (χ2n) is 9.84. The van der Waals surface area contributed by atoms with Gasteiger partial charge in [0.05, 0.1) is 46.0 Å². The number of ketones is 1. The van der Waals surface area contributed by atoms with Crippen LogP contribution in [-0.2, 0) is 14.3 Å². The molecule has 0 bridgehead atoms. The first-order valence-electron chi connectivity index (χ1n) is 13.2. The highest BCUT2D eigenvalue weighted by Crippen LogP contribution is 2.49. The number of nitrogens with one attached hydrogen (secondary N) is 1. The topological polar surface area (TPSA) is 92.3 Å². The van der Waals surface area contributed by atoms with Gasteiger partial charge in [0, 0.05) is 29.0 Å². The lowest BCUT2D eigenvalue weighted by atomic mass is 9.71. The summed E-state index contributed by atoms with van der Waals surface area (Å²) in [5.41, 5.74) is 4.06. The molecule has 1 aliphatic carbocycles. The van der Waals surface area contributed by atoms with E-state index in [-0.39, 0.29) is 24.2 Å². The Balaban J connectivity index is 1.84. The number of benzene rings is 2. The number of allylic oxidation sites excluding steroid dienone is 3. The number of hydrogen-bond acceptors (Lipinski definition) is 8. The maximum atomic E-state index is 14.0. The number of para-hydroxylation sites is 1. The summed E-state index contributed by atoms with van der Waals surface area (Å²) in [4.78, 5) is 27.5. The van der Waals surface area contributed by atoms with E-state index in [9.17, 15) is 9.59 Å². The molecule has 1 heterocycles. The fourth-order valence-corrected chi connectivity index (χ4v) is 5.43. The minimum Gasteiger partial charge on any atom is -0.493 e. The molecule has 2 aliphatic rings. The maximum absolute atomic E-state index is 14.0. The number of rotatable bonds is 9. The second-order valence-corrected chi connectivity index (χ2v) is 9.84. The van der Waals surface area contributed by atoms with Crippen molar-refractivity contribution in [3.05, 3.63) is 70.1 Å². The highest BCUT2D eigenvalue weighted by atomic mass is 16.5. The van der Waals surface area contributed by atoms with Gasteiger partial charge in [-0.15, -0.1) is 0 Å². The van der Waals surface area contributed by atoms with Gasteiger partial charge < -0.3 is 29.0 Å². The molecule has 208 valence electrons. The SMILES string of the molecule is CC[C@H](C)OC(=O)C1=C(C)NC2=C(C(=O)C[C@@H](c3ccc(OC)c(OC)c3)C2)[C@@H]1c1cccc(OC)c1OC. The predicted octanol–water partition coefficient (Wildman–Crippen LogP) is 5.42. The van der Waals surface area contributed by atoms with Crippen LogP contribution in [0.15, 0.2) is 58.9 Å². The van der Waals surface area contributed by atoms with E-state index < -0.39 is 11.9 Å². The molecule has 0 aromatic heterocycles. The number of esters is 1. The van der Waals surface area contributed by atoms with Gasteiger partial charge in [0.25, 0.3) is 0 Å². The Labute approximate surface area is 229 Å². The molecule has 0 unspecified atom stereocenters. The fraction of sp³-hybridized carbons (Fsp3) is 0.419. The Hall–Kier alpha value is -3.94. The van der Waals surface area contributed by atoms with E-state index in [2.05, 4.69) is 5.32 Å². The summed E-state index contributed by atoms with van der Waals surface area (Å²) in [6.07, 6.45) is 1.28. The molecule has 8 nitrogen and oxygen atoms in total. The van der Waals surface area contributed by atoms with Gasteiger partial charge in [-0.2, -0.15) is 0 Å². The average molecular weight is 536 g/mol. The first kappa shape index (κ1) is 28.1. The molecule has 1 aliphatic heterocycles. The maximum Gasteiger partial charge on any atom is 0.337 e. The zero-order chi connectivity index (χ0) is 28.3. The standard InChI is InChI=1S/C31H37NO7/c1-8-17(2)39-31(34)27-18(3)32-22-14-20(19-12-13-24(35-4)26(16-19)37-6)15-23(33)29(22)28(27)21-10-9-11-25(36-5)30(21)38-7/h9-13,16-17,20,28,32H,8,14-15H2,1-7H3/t17-,20-,28+/m0/s1. The molecule has 1 N–H and O–H groups in total. The van der Waals surface area contributed by atoms with Crippen LogP contribution in [0.3, 0.4) is 0 Å². The van der Waals surface area contributed by atoms with Gasteiger partial charge in [-0.25, -0.2) is 4.79 Å². The number of dihydropyridines is 1. The number of Topliss-reactive ketones (excluding diaryl/α,β-unsaturated/α-hetero) is 1. The summed E-state index contributed by atoms with van der Waals surface area (Å²) in [5, 5.41) is 3.40. The largest absolute Gasteiger partial charge is 0.493 e. The van der Waals surface area contributed by atoms with Crippen molar-refractivity contribution < 1.29 is 33.3 Å². The average Bonchev–Trinajstić information content (AvgIpc) is 2.94. The van der Waals surface area contributed by atoms with Crippen molar-refractivity contribution in [2.75, 3.05) is 28.4 Å². The molecule has 2 aromatic rings. The van der Waals surface area contributed by atoms with Crippen LogP contribution in [-0.4, -0.2) is 46.3 Å². The Bertz CT molecular complexity index is 1330. The highest BCUT2D eigenvalue weighted by Gasteiger charge is 2.43. The van der Waals surface area contributed by atoms with Crippen molar-refractivity contribution in [1.82, 2.24) is 5.32 Å². The second kappa shape index (κ2) is 11.8. The van der Waals surface area contributed by atoms with Gasteiger partial charge in [0.1, 0.15) is 0 Å². The van der Waals surface area contributed by atoms with Crippen LogP contribution in [0, 0.1) is 0 Å². The van der Waals surface area contributed by atoms with Gasteiger partial charge in [-0.3, -0.25) is 4.79 Å². The lowest BCUT2D eigenvalue weighted by molar-refractivity contribution is -0.144. The molecule has 0 spiro atoms. The summed E-state index contributed by atoms with van der Waals surface area (Å²) >= 11 is 0. The van der Waals surface area contributed by atoms with Crippen LogP contribution in [0.2, 0.25) is 0 Å². The summed E-state index contributed by atoms with van der Waals surface area (Å²) in [6.45, 7) is 5.66. The number of methoxy groups -OCH3 is 4. The molecule has 0 saturated carbocycles. The van der Waals surface area contributed by atoms with Crippen LogP contribution in [0.5, 0.6) is 23.0 Å². The van der Waals surface area contributed by atoms with E-state index in [1.54, 1.807) is 34.5 Å². The zero-order valence-corrected chi connectivity index (χ0v) is 23.7. The van der Waals surface area contributed by atoms with Crippen molar-refractivity contribution >= 4 is 11.8 Å². The molecule has 0 saturated heterocycles. The Kier molecular flexibility index (Phi) is 8.53. The van der Waals surface area contributed by atoms with E-state index in [1.807, 2.05) is 51.1 Å². The number of ether oxygens (including phenoxy) is 5. The molecule has 3 atom stereocenters. The summed E-state index contributed by atoms with van der Waals surface area (Å²) < 4.78 is 28.0. The van der Waals surface area contributed by atoms with Crippen molar-refractivity contribution in [2.24, 2.45) is 0 Å². The Morgan fingerprint density at radius 2 is 1.69 bits per heavy atom. The molecule has 4 rings (SSSR count). The third kappa shape index (κ3) is 5.33. The lowest BCUT2D eigenvalue weighted by Crippen LogP contribution is -2.36. The predicted molar refractivity (Wildman–Crippen MR) is 148 cm³/mol. The third-order valence-electron chi connectivity index (χ3n) is 7.55. The minimum atomic E-state index is -0.665. The molecule has 2 aromatic carbocycles. The third-order valence-corrected chi connectivity index (χ3v) is 7.55. The van der Waals surface area contributed by atoms with E-state index in [1.165, 1.54) is 0 Å².